The van der Waals surface area contributed by atoms with E-state index in [0.717, 1.165) is 24.1 Å². The highest BCUT2D eigenvalue weighted by Gasteiger charge is 2.40. The first-order chi connectivity index (χ1) is 14.9. The number of furan rings is 1. The summed E-state index contributed by atoms with van der Waals surface area (Å²) in [6.07, 6.45) is 2.00. The largest absolute Gasteiger partial charge is 0.486 e. The van der Waals surface area contributed by atoms with Crippen molar-refractivity contribution in [1.29, 1.82) is 0 Å². The SMILES string of the molecule is COC(=O)C1=C(C)NC2=C(C(=O)CCC2)[C@@H]1c1ccc(COc2ccc(Cl)c(C)c2)o1. The lowest BCUT2D eigenvalue weighted by molar-refractivity contribution is -0.136. The second-order valence-electron chi connectivity index (χ2n) is 7.76. The van der Waals surface area contributed by atoms with Crippen LogP contribution < -0.4 is 10.1 Å². The Morgan fingerprint density at radius 3 is 2.77 bits per heavy atom. The minimum atomic E-state index is -0.594. The van der Waals surface area contributed by atoms with Crippen molar-refractivity contribution < 1.29 is 23.5 Å². The number of Topliss-reactive ketones (excluding diaryl/α,β-unsaturated/α-hetero) is 1. The molecule has 1 aromatic heterocycles. The molecule has 4 rings (SSSR count). The number of hydrogen-bond donors (Lipinski definition) is 1. The average molecular weight is 442 g/mol. The van der Waals surface area contributed by atoms with Crippen LogP contribution in [0.15, 0.2) is 57.3 Å². The van der Waals surface area contributed by atoms with E-state index in [2.05, 4.69) is 5.32 Å². The molecule has 2 aromatic rings. The molecule has 6 nitrogen and oxygen atoms in total. The number of dihydropyridines is 1. The summed E-state index contributed by atoms with van der Waals surface area (Å²) in [5.41, 5.74) is 3.44. The van der Waals surface area contributed by atoms with Gasteiger partial charge in [0.1, 0.15) is 23.9 Å². The Hall–Kier alpha value is -2.99. The predicted octanol–water partition coefficient (Wildman–Crippen LogP) is 4.96. The normalized spacial score (nSPS) is 18.6. The molecule has 1 aromatic carbocycles. The molecule has 0 amide bonds. The fourth-order valence-corrected chi connectivity index (χ4v) is 4.25. The first kappa shape index (κ1) is 21.2. The van der Waals surface area contributed by atoms with Crippen molar-refractivity contribution in [2.24, 2.45) is 0 Å². The van der Waals surface area contributed by atoms with E-state index in [9.17, 15) is 9.59 Å². The quantitative estimate of drug-likeness (QED) is 0.660. The van der Waals surface area contributed by atoms with Crippen molar-refractivity contribution in [1.82, 2.24) is 5.32 Å². The number of nitrogens with one attached hydrogen (secondary N) is 1. The lowest BCUT2D eigenvalue weighted by Gasteiger charge is -2.32. The third kappa shape index (κ3) is 4.12. The summed E-state index contributed by atoms with van der Waals surface area (Å²) in [5, 5.41) is 3.92. The Morgan fingerprint density at radius 1 is 1.23 bits per heavy atom. The zero-order valence-electron chi connectivity index (χ0n) is 17.7. The second kappa shape index (κ2) is 8.63. The maximum Gasteiger partial charge on any atom is 0.336 e. The third-order valence-electron chi connectivity index (χ3n) is 5.66. The molecule has 1 atom stereocenters. The molecule has 0 spiro atoms. The number of methoxy groups -OCH3 is 1. The molecule has 1 aliphatic heterocycles. The van der Waals surface area contributed by atoms with Gasteiger partial charge in [-0.1, -0.05) is 11.6 Å². The maximum atomic E-state index is 12.8. The zero-order chi connectivity index (χ0) is 22.1. The zero-order valence-corrected chi connectivity index (χ0v) is 18.5. The van der Waals surface area contributed by atoms with E-state index in [1.807, 2.05) is 19.9 Å². The van der Waals surface area contributed by atoms with Crippen LogP contribution in [0.3, 0.4) is 0 Å². The van der Waals surface area contributed by atoms with Crippen LogP contribution >= 0.6 is 11.6 Å². The number of carbonyl (C=O) groups is 2. The molecule has 2 heterocycles. The van der Waals surface area contributed by atoms with E-state index in [4.69, 9.17) is 25.5 Å². The Labute approximate surface area is 185 Å². The number of aryl methyl sites for hydroxylation is 1. The summed E-state index contributed by atoms with van der Waals surface area (Å²) < 4.78 is 16.9. The van der Waals surface area contributed by atoms with Crippen molar-refractivity contribution in [2.75, 3.05) is 7.11 Å². The van der Waals surface area contributed by atoms with Crippen LogP contribution in [0.1, 0.15) is 49.2 Å². The molecule has 7 heteroatoms. The summed E-state index contributed by atoms with van der Waals surface area (Å²) in [7, 11) is 1.34. The Bertz CT molecular complexity index is 1110. The van der Waals surface area contributed by atoms with Gasteiger partial charge in [-0.05, 0) is 62.6 Å². The number of benzene rings is 1. The number of ketones is 1. The molecule has 0 fully saturated rings. The summed E-state index contributed by atoms with van der Waals surface area (Å²) >= 11 is 6.06. The van der Waals surface area contributed by atoms with Crippen molar-refractivity contribution in [3.63, 3.8) is 0 Å². The highest BCUT2D eigenvalue weighted by molar-refractivity contribution is 6.31. The predicted molar refractivity (Wildman–Crippen MR) is 116 cm³/mol. The molecular formula is C24H24ClNO5. The molecule has 0 saturated heterocycles. The number of allylic oxidation sites excluding steroid dienone is 3. The van der Waals surface area contributed by atoms with E-state index in [1.165, 1.54) is 7.11 Å². The van der Waals surface area contributed by atoms with Crippen LogP contribution in [0.5, 0.6) is 5.75 Å². The van der Waals surface area contributed by atoms with Crippen LogP contribution in [0, 0.1) is 6.92 Å². The van der Waals surface area contributed by atoms with E-state index in [-0.39, 0.29) is 12.4 Å². The van der Waals surface area contributed by atoms with Gasteiger partial charge >= 0.3 is 5.97 Å². The van der Waals surface area contributed by atoms with Gasteiger partial charge in [-0.2, -0.15) is 0 Å². The van der Waals surface area contributed by atoms with Gasteiger partial charge in [-0.25, -0.2) is 4.79 Å². The highest BCUT2D eigenvalue weighted by Crippen LogP contribution is 2.43. The van der Waals surface area contributed by atoms with Crippen LogP contribution in [-0.2, 0) is 20.9 Å². The molecule has 0 unspecified atom stereocenters. The van der Waals surface area contributed by atoms with Crippen molar-refractivity contribution in [3.8, 4) is 5.75 Å². The summed E-state index contributed by atoms with van der Waals surface area (Å²) in [5.74, 6) is 0.746. The molecule has 0 radical (unpaired) electrons. The molecule has 2 aliphatic rings. The summed E-state index contributed by atoms with van der Waals surface area (Å²) in [4.78, 5) is 25.4. The number of halogens is 1. The second-order valence-corrected chi connectivity index (χ2v) is 8.17. The van der Waals surface area contributed by atoms with Crippen molar-refractivity contribution in [3.05, 3.63) is 75.0 Å². The average Bonchev–Trinajstić information content (AvgIpc) is 3.22. The molecule has 31 heavy (non-hydrogen) atoms. The number of esters is 1. The van der Waals surface area contributed by atoms with E-state index in [1.54, 1.807) is 24.3 Å². The number of hydrogen-bond acceptors (Lipinski definition) is 6. The van der Waals surface area contributed by atoms with Gasteiger partial charge in [-0.3, -0.25) is 4.79 Å². The van der Waals surface area contributed by atoms with Gasteiger partial charge in [0.25, 0.3) is 0 Å². The monoisotopic (exact) mass is 441 g/mol. The van der Waals surface area contributed by atoms with Crippen LogP contribution in [0.25, 0.3) is 0 Å². The minimum Gasteiger partial charge on any atom is -0.486 e. The van der Waals surface area contributed by atoms with Crippen LogP contribution in [0.2, 0.25) is 5.02 Å². The summed E-state index contributed by atoms with van der Waals surface area (Å²) in [6, 6.07) is 9.04. The van der Waals surface area contributed by atoms with Crippen molar-refractivity contribution in [2.45, 2.75) is 45.6 Å². The fourth-order valence-electron chi connectivity index (χ4n) is 4.14. The minimum absolute atomic E-state index is 0.0264. The highest BCUT2D eigenvalue weighted by atomic mass is 35.5. The third-order valence-corrected chi connectivity index (χ3v) is 6.08. The van der Waals surface area contributed by atoms with E-state index in [0.29, 0.717) is 45.6 Å². The topological polar surface area (TPSA) is 77.8 Å². The van der Waals surface area contributed by atoms with Gasteiger partial charge in [0.2, 0.25) is 0 Å². The first-order valence-electron chi connectivity index (χ1n) is 10.2. The molecule has 0 bridgehead atoms. The van der Waals surface area contributed by atoms with Gasteiger partial charge in [0, 0.05) is 28.4 Å². The Morgan fingerprint density at radius 2 is 2.03 bits per heavy atom. The number of rotatable bonds is 5. The van der Waals surface area contributed by atoms with Gasteiger partial charge in [0.05, 0.1) is 18.6 Å². The molecule has 1 N–H and O–H groups in total. The Kier molecular flexibility index (Phi) is 5.92. The standard InChI is InChI=1S/C24H24ClNO5/c1-13-11-15(7-9-17(13)25)30-12-16-8-10-20(31-16)23-21(24(28)29-3)14(2)26-18-5-4-6-19(27)22(18)23/h7-11,23,26H,4-6,12H2,1-3H3/t23-/m1/s1. The number of ether oxygens (including phenoxy) is 2. The lowest BCUT2D eigenvalue weighted by atomic mass is 9.77. The Balaban J connectivity index is 1.64. The molecule has 0 saturated carbocycles. The number of carbonyl (C=O) groups excluding carboxylic acids is 2. The fraction of sp³-hybridized carbons (Fsp3) is 0.333. The molecule has 1 aliphatic carbocycles. The van der Waals surface area contributed by atoms with Crippen molar-refractivity contribution >= 4 is 23.4 Å². The smallest absolute Gasteiger partial charge is 0.336 e. The van der Waals surface area contributed by atoms with Gasteiger partial charge in [0.15, 0.2) is 5.78 Å². The molecular weight excluding hydrogens is 418 g/mol. The first-order valence-corrected chi connectivity index (χ1v) is 10.6. The van der Waals surface area contributed by atoms with Gasteiger partial charge < -0.3 is 19.2 Å². The van der Waals surface area contributed by atoms with E-state index < -0.39 is 11.9 Å². The van der Waals surface area contributed by atoms with Crippen LogP contribution in [-0.4, -0.2) is 18.9 Å². The van der Waals surface area contributed by atoms with E-state index >= 15 is 0 Å². The lowest BCUT2D eigenvalue weighted by Crippen LogP contribution is -2.34. The maximum absolute atomic E-state index is 12.8. The van der Waals surface area contributed by atoms with Gasteiger partial charge in [-0.15, -0.1) is 0 Å². The molecule has 162 valence electrons. The summed E-state index contributed by atoms with van der Waals surface area (Å²) in [6.45, 7) is 3.94. The van der Waals surface area contributed by atoms with Crippen LogP contribution in [0.4, 0.5) is 0 Å².